The number of aromatic nitrogens is 5. The molecule has 0 aliphatic carbocycles. The average Bonchev–Trinajstić information content (AvgIpc) is 3.48. The maximum atomic E-state index is 12.9. The number of rotatable bonds is 9. The fourth-order valence-corrected chi connectivity index (χ4v) is 4.99. The molecule has 16 heteroatoms. The van der Waals surface area contributed by atoms with Crippen LogP contribution in [0.25, 0.3) is 22.3 Å². The van der Waals surface area contributed by atoms with E-state index in [1.54, 1.807) is 18.3 Å². The maximum absolute atomic E-state index is 12.9. The van der Waals surface area contributed by atoms with Gasteiger partial charge < -0.3 is 14.2 Å². The normalized spacial score (nSPS) is 11.4. The van der Waals surface area contributed by atoms with Gasteiger partial charge in [-0.2, -0.15) is 5.26 Å². The summed E-state index contributed by atoms with van der Waals surface area (Å²) in [5.74, 6) is 0.758. The van der Waals surface area contributed by atoms with Crippen LogP contribution in [0.2, 0.25) is 0 Å². The highest BCUT2D eigenvalue weighted by atomic mass is 32.2. The second kappa shape index (κ2) is 10.3. The number of anilines is 1. The standard InChI is InChI=1S/C22H19N7O7S2/c1-12(30)20-25-26-21(37-20)18-19-24-9-13(10-28(19)29(11-23)22(18)31)27-38(32,33)6-5-15-16(35-3)7-14(34-2)8-17(15)36-4/h5-10,27H,1-4H3/b6-5+. The van der Waals surface area contributed by atoms with Crippen molar-refractivity contribution in [3.8, 4) is 34.0 Å². The van der Waals surface area contributed by atoms with E-state index < -0.39 is 15.6 Å². The zero-order valence-electron chi connectivity index (χ0n) is 20.3. The van der Waals surface area contributed by atoms with Gasteiger partial charge in [-0.3, -0.25) is 14.3 Å². The van der Waals surface area contributed by atoms with E-state index in [1.807, 2.05) is 0 Å². The number of methoxy groups -OCH3 is 3. The minimum Gasteiger partial charge on any atom is -0.496 e. The smallest absolute Gasteiger partial charge is 0.293 e. The van der Waals surface area contributed by atoms with Crippen molar-refractivity contribution >= 4 is 44.6 Å². The molecule has 1 N–H and O–H groups in total. The number of nitrogens with one attached hydrogen (secondary N) is 1. The molecule has 196 valence electrons. The minimum atomic E-state index is -4.10. The van der Waals surface area contributed by atoms with Crippen molar-refractivity contribution in [3.63, 3.8) is 0 Å². The van der Waals surface area contributed by atoms with Gasteiger partial charge in [0.1, 0.15) is 22.8 Å². The Labute approximate surface area is 219 Å². The Bertz CT molecular complexity index is 1770. The van der Waals surface area contributed by atoms with E-state index >= 15 is 0 Å². The summed E-state index contributed by atoms with van der Waals surface area (Å²) in [6.07, 6.45) is 5.39. The summed E-state index contributed by atoms with van der Waals surface area (Å²) < 4.78 is 45.5. The summed E-state index contributed by atoms with van der Waals surface area (Å²) in [7, 11) is 0.206. The number of nitrogens with zero attached hydrogens (tertiary/aromatic N) is 6. The first-order valence-corrected chi connectivity index (χ1v) is 12.9. The highest BCUT2D eigenvalue weighted by Gasteiger charge is 2.23. The summed E-state index contributed by atoms with van der Waals surface area (Å²) in [6.45, 7) is 1.31. The molecule has 1 aromatic carbocycles. The number of sulfonamides is 1. The Hall–Kier alpha value is -4.75. The van der Waals surface area contributed by atoms with Gasteiger partial charge in [0.2, 0.25) is 6.19 Å². The lowest BCUT2D eigenvalue weighted by Crippen LogP contribution is -2.16. The molecule has 0 aliphatic heterocycles. The van der Waals surface area contributed by atoms with Crippen LogP contribution in [-0.4, -0.2) is 59.9 Å². The largest absolute Gasteiger partial charge is 0.496 e. The number of ether oxygens (including phenoxy) is 3. The maximum Gasteiger partial charge on any atom is 0.293 e. The van der Waals surface area contributed by atoms with E-state index in [0.717, 1.165) is 21.3 Å². The van der Waals surface area contributed by atoms with Gasteiger partial charge in [0, 0.05) is 19.1 Å². The summed E-state index contributed by atoms with van der Waals surface area (Å²) in [4.78, 5) is 28.6. The van der Waals surface area contributed by atoms with Crippen LogP contribution in [0, 0.1) is 11.5 Å². The van der Waals surface area contributed by atoms with Crippen molar-refractivity contribution < 1.29 is 27.4 Å². The van der Waals surface area contributed by atoms with Gasteiger partial charge in [0.25, 0.3) is 15.6 Å². The van der Waals surface area contributed by atoms with Crippen LogP contribution in [0.1, 0.15) is 22.3 Å². The third-order valence-corrected chi connectivity index (χ3v) is 7.17. The molecule has 4 rings (SSSR count). The van der Waals surface area contributed by atoms with E-state index in [4.69, 9.17) is 14.2 Å². The second-order valence-electron chi connectivity index (χ2n) is 7.47. The van der Waals surface area contributed by atoms with Crippen molar-refractivity contribution in [2.24, 2.45) is 0 Å². The van der Waals surface area contributed by atoms with Crippen LogP contribution in [0.4, 0.5) is 5.69 Å². The number of nitriles is 1. The molecular weight excluding hydrogens is 538 g/mol. The Morgan fingerprint density at radius 3 is 2.39 bits per heavy atom. The number of carbonyl (C=O) groups excluding carboxylic acids is 1. The van der Waals surface area contributed by atoms with Crippen LogP contribution in [0.5, 0.6) is 17.2 Å². The first kappa shape index (κ1) is 26.3. The molecule has 38 heavy (non-hydrogen) atoms. The molecule has 0 saturated carbocycles. The third kappa shape index (κ3) is 4.92. The van der Waals surface area contributed by atoms with Crippen LogP contribution in [-0.2, 0) is 10.0 Å². The van der Waals surface area contributed by atoms with Gasteiger partial charge in [-0.05, 0) is 6.08 Å². The SMILES string of the molecule is COc1cc(OC)c(/C=C/S(=O)(=O)Nc2cnc3c(-c4nnc(C(C)=O)s4)c(=O)n(C#N)n3c2)c(OC)c1. The summed E-state index contributed by atoms with van der Waals surface area (Å²) in [5, 5.41) is 18.2. The molecule has 0 radical (unpaired) electrons. The molecule has 0 aliphatic rings. The molecule has 0 bridgehead atoms. The van der Waals surface area contributed by atoms with Crippen LogP contribution in [0.15, 0.2) is 34.7 Å². The number of carbonyl (C=O) groups is 1. The number of fused-ring (bicyclic) bond motifs is 1. The number of hydrogen-bond donors (Lipinski definition) is 1. The van der Waals surface area contributed by atoms with Crippen molar-refractivity contribution in [3.05, 3.63) is 50.9 Å². The van der Waals surface area contributed by atoms with E-state index in [-0.39, 0.29) is 32.7 Å². The monoisotopic (exact) mass is 557 g/mol. The Morgan fingerprint density at radius 2 is 1.84 bits per heavy atom. The van der Waals surface area contributed by atoms with Crippen molar-refractivity contribution in [2.75, 3.05) is 26.1 Å². The fraction of sp³-hybridized carbons (Fsp3) is 0.182. The zero-order chi connectivity index (χ0) is 27.6. The molecule has 3 heterocycles. The van der Waals surface area contributed by atoms with Crippen molar-refractivity contribution in [1.29, 1.82) is 5.26 Å². The highest BCUT2D eigenvalue weighted by Crippen LogP contribution is 2.35. The van der Waals surface area contributed by atoms with Gasteiger partial charge in [0.15, 0.2) is 21.4 Å². The topological polar surface area (TPSA) is 180 Å². The van der Waals surface area contributed by atoms with Gasteiger partial charge in [-0.25, -0.2) is 17.9 Å². The number of ketones is 1. The molecular formula is C22H19N7O7S2. The molecule has 3 aromatic heterocycles. The van der Waals surface area contributed by atoms with E-state index in [2.05, 4.69) is 19.9 Å². The molecule has 0 spiro atoms. The zero-order valence-corrected chi connectivity index (χ0v) is 22.0. The number of benzene rings is 1. The number of Topliss-reactive ketones (excluding diaryl/α,β-unsaturated/α-hetero) is 1. The quantitative estimate of drug-likeness (QED) is 0.297. The average molecular weight is 558 g/mol. The summed E-state index contributed by atoms with van der Waals surface area (Å²) >= 11 is 0.877. The minimum absolute atomic E-state index is 0.0222. The van der Waals surface area contributed by atoms with E-state index in [0.29, 0.717) is 27.5 Å². The first-order valence-electron chi connectivity index (χ1n) is 10.5. The van der Waals surface area contributed by atoms with Gasteiger partial charge in [-0.15, -0.1) is 14.9 Å². The predicted molar refractivity (Wildman–Crippen MR) is 137 cm³/mol. The van der Waals surface area contributed by atoms with Crippen molar-refractivity contribution in [1.82, 2.24) is 24.4 Å². The molecule has 0 amide bonds. The van der Waals surface area contributed by atoms with Gasteiger partial charge in [0.05, 0.1) is 50.4 Å². The lowest BCUT2D eigenvalue weighted by molar-refractivity contribution is 0.101. The Balaban J connectivity index is 1.71. The summed E-state index contributed by atoms with van der Waals surface area (Å²) in [6, 6.07) is 3.14. The first-order chi connectivity index (χ1) is 18.1. The highest BCUT2D eigenvalue weighted by molar-refractivity contribution is 7.95. The molecule has 0 fully saturated rings. The van der Waals surface area contributed by atoms with Crippen LogP contribution in [0.3, 0.4) is 0 Å². The van der Waals surface area contributed by atoms with E-state index in [9.17, 15) is 23.3 Å². The van der Waals surface area contributed by atoms with Gasteiger partial charge >= 0.3 is 0 Å². The Morgan fingerprint density at radius 1 is 1.16 bits per heavy atom. The lowest BCUT2D eigenvalue weighted by Gasteiger charge is -2.12. The van der Waals surface area contributed by atoms with Crippen LogP contribution < -0.4 is 24.5 Å². The predicted octanol–water partition coefficient (Wildman–Crippen LogP) is 1.98. The van der Waals surface area contributed by atoms with Gasteiger partial charge in [-0.1, -0.05) is 11.3 Å². The molecule has 4 aromatic rings. The molecule has 14 nitrogen and oxygen atoms in total. The molecule has 0 unspecified atom stereocenters. The third-order valence-electron chi connectivity index (χ3n) is 5.11. The second-order valence-corrected chi connectivity index (χ2v) is 10.0. The van der Waals surface area contributed by atoms with E-state index in [1.165, 1.54) is 46.7 Å². The van der Waals surface area contributed by atoms with Crippen molar-refractivity contribution in [2.45, 2.75) is 6.92 Å². The van der Waals surface area contributed by atoms with Crippen LogP contribution >= 0.6 is 11.3 Å². The molecule has 0 saturated heterocycles. The fourth-order valence-electron chi connectivity index (χ4n) is 3.40. The Kier molecular flexibility index (Phi) is 7.15. The molecule has 0 atom stereocenters. The summed E-state index contributed by atoms with van der Waals surface area (Å²) in [5.41, 5.74) is -0.475. The lowest BCUT2D eigenvalue weighted by atomic mass is 10.1. The number of hydrogen-bond acceptors (Lipinski definition) is 12.